The van der Waals surface area contributed by atoms with E-state index in [1.165, 1.54) is 79.4 Å². The molecule has 0 radical (unpaired) electrons. The molecule has 4 heteroatoms. The van der Waals surface area contributed by atoms with E-state index in [1.54, 1.807) is 0 Å². The van der Waals surface area contributed by atoms with Crippen molar-refractivity contribution < 1.29 is 0 Å². The maximum atomic E-state index is 5.69. The van der Waals surface area contributed by atoms with E-state index in [4.69, 9.17) is 9.97 Å². The molecule has 3 aromatic heterocycles. The van der Waals surface area contributed by atoms with Gasteiger partial charge < -0.3 is 0 Å². The molecule has 0 spiro atoms. The summed E-state index contributed by atoms with van der Waals surface area (Å²) in [4.78, 5) is 11.2. The summed E-state index contributed by atoms with van der Waals surface area (Å²) in [6.07, 6.45) is 0. The molecule has 3 heterocycles. The van der Waals surface area contributed by atoms with Gasteiger partial charge in [-0.05, 0) is 73.4 Å². The molecular formula is C52H29N3S. The lowest BCUT2D eigenvalue weighted by Crippen LogP contribution is -2.04. The minimum atomic E-state index is 0.666. The Bertz CT molecular complexity index is 3800. The van der Waals surface area contributed by atoms with Crippen molar-refractivity contribution >= 4 is 118 Å². The number of benzene rings is 10. The first-order valence-corrected chi connectivity index (χ1v) is 19.9. The van der Waals surface area contributed by atoms with Crippen LogP contribution in [0.5, 0.6) is 0 Å². The predicted octanol–water partition coefficient (Wildman–Crippen LogP) is 14.5. The highest BCUT2D eigenvalue weighted by molar-refractivity contribution is 7.25. The van der Waals surface area contributed by atoms with Crippen LogP contribution in [0.4, 0.5) is 0 Å². The smallest absolute Gasteiger partial charge is 0.235 e. The number of hydrogen-bond donors (Lipinski definition) is 0. The van der Waals surface area contributed by atoms with E-state index >= 15 is 0 Å². The fraction of sp³-hybridized carbons (Fsp3) is 0. The molecule has 0 unspecified atom stereocenters. The molecule has 13 aromatic rings. The van der Waals surface area contributed by atoms with Crippen molar-refractivity contribution in [3.8, 4) is 17.2 Å². The van der Waals surface area contributed by atoms with Crippen LogP contribution in [0.25, 0.3) is 124 Å². The Morgan fingerprint density at radius 1 is 0.375 bits per heavy atom. The summed E-state index contributed by atoms with van der Waals surface area (Å²) >= 11 is 1.84. The topological polar surface area (TPSA) is 30.7 Å². The van der Waals surface area contributed by atoms with Crippen molar-refractivity contribution in [1.29, 1.82) is 0 Å². The number of fused-ring (bicyclic) bond motifs is 18. The Balaban J connectivity index is 1.22. The van der Waals surface area contributed by atoms with Crippen LogP contribution in [0.3, 0.4) is 0 Å². The molecule has 10 aromatic carbocycles. The molecule has 0 fully saturated rings. The van der Waals surface area contributed by atoms with E-state index < -0.39 is 0 Å². The number of aromatic nitrogens is 3. The number of thiophene rings is 1. The maximum absolute atomic E-state index is 5.69. The van der Waals surface area contributed by atoms with E-state index in [0.29, 0.717) is 5.95 Å². The van der Waals surface area contributed by atoms with Crippen molar-refractivity contribution in [2.75, 3.05) is 0 Å². The van der Waals surface area contributed by atoms with E-state index in [9.17, 15) is 0 Å². The molecule has 258 valence electrons. The third kappa shape index (κ3) is 4.06. The van der Waals surface area contributed by atoms with Gasteiger partial charge in [-0.1, -0.05) is 146 Å². The van der Waals surface area contributed by atoms with Crippen LogP contribution in [-0.4, -0.2) is 14.5 Å². The van der Waals surface area contributed by atoms with Crippen LogP contribution in [0.2, 0.25) is 0 Å². The minimum Gasteiger partial charge on any atom is -0.277 e. The second-order valence-corrected chi connectivity index (χ2v) is 15.9. The lowest BCUT2D eigenvalue weighted by molar-refractivity contribution is 1.02. The van der Waals surface area contributed by atoms with Gasteiger partial charge in [-0.2, -0.15) is 0 Å². The average Bonchev–Trinajstić information content (AvgIpc) is 3.82. The third-order valence-corrected chi connectivity index (χ3v) is 13.1. The summed E-state index contributed by atoms with van der Waals surface area (Å²) in [6, 6.07) is 64.1. The van der Waals surface area contributed by atoms with Crippen molar-refractivity contribution in [3.05, 3.63) is 176 Å². The first kappa shape index (κ1) is 30.2. The molecular weight excluding hydrogens is 699 g/mol. The molecule has 0 aliphatic carbocycles. The zero-order valence-corrected chi connectivity index (χ0v) is 30.8. The molecule has 0 atom stereocenters. The quantitative estimate of drug-likeness (QED) is 0.166. The second-order valence-electron chi connectivity index (χ2n) is 14.9. The Kier molecular flexibility index (Phi) is 6.04. The van der Waals surface area contributed by atoms with Crippen LogP contribution >= 0.6 is 11.3 Å². The van der Waals surface area contributed by atoms with Gasteiger partial charge in [-0.25, -0.2) is 9.97 Å². The number of hydrogen-bond acceptors (Lipinski definition) is 3. The zero-order chi connectivity index (χ0) is 36.5. The molecule has 0 aliphatic heterocycles. The van der Waals surface area contributed by atoms with Crippen molar-refractivity contribution in [2.45, 2.75) is 0 Å². The van der Waals surface area contributed by atoms with Gasteiger partial charge >= 0.3 is 0 Å². The summed E-state index contributed by atoms with van der Waals surface area (Å²) in [5.41, 5.74) is 5.15. The predicted molar refractivity (Wildman–Crippen MR) is 240 cm³/mol. The average molecular weight is 728 g/mol. The van der Waals surface area contributed by atoms with Gasteiger partial charge in [-0.15, -0.1) is 11.3 Å². The largest absolute Gasteiger partial charge is 0.277 e. The second kappa shape index (κ2) is 11.2. The molecule has 13 rings (SSSR count). The first-order chi connectivity index (χ1) is 27.8. The molecule has 0 saturated heterocycles. The molecule has 3 nitrogen and oxygen atoms in total. The van der Waals surface area contributed by atoms with Gasteiger partial charge in [0.1, 0.15) is 0 Å². The number of rotatable bonds is 2. The molecule has 0 bridgehead atoms. The van der Waals surface area contributed by atoms with Crippen molar-refractivity contribution in [2.24, 2.45) is 0 Å². The van der Waals surface area contributed by atoms with Crippen LogP contribution in [0.1, 0.15) is 0 Å². The molecule has 0 amide bonds. The summed E-state index contributed by atoms with van der Waals surface area (Å²) in [6.45, 7) is 0. The SMILES string of the molecule is c1ccc2c(c1)ccc1nc(-n3c4ccc5c6ccccc6c6ccccc6c5c4c4ccc5ccccc5c43)nc(-c3ccc4sc5ccccc5c4c3)c12. The standard InChI is InChI=1S/C52H29N3S/c1-3-13-33-30(11-1)22-26-43-48(33)50(32-23-28-46-42(29-32)38-18-9-10-20-45(38)56-46)54-52(53-43)55-44-27-25-40-37-17-6-5-15-35(37)36-16-7-8-19-39(36)47(40)49(44)41-24-21-31-12-2-4-14-34(31)51(41)55/h1-29H. The van der Waals surface area contributed by atoms with Gasteiger partial charge in [0.25, 0.3) is 0 Å². The Morgan fingerprint density at radius 3 is 1.77 bits per heavy atom. The van der Waals surface area contributed by atoms with Gasteiger partial charge in [0.2, 0.25) is 5.95 Å². The lowest BCUT2D eigenvalue weighted by Gasteiger charge is -2.15. The molecule has 56 heavy (non-hydrogen) atoms. The lowest BCUT2D eigenvalue weighted by atomic mass is 9.91. The van der Waals surface area contributed by atoms with Crippen molar-refractivity contribution in [3.63, 3.8) is 0 Å². The fourth-order valence-electron chi connectivity index (χ4n) is 9.54. The summed E-state index contributed by atoms with van der Waals surface area (Å²) in [7, 11) is 0. The normalized spacial score (nSPS) is 12.3. The van der Waals surface area contributed by atoms with Crippen LogP contribution in [0.15, 0.2) is 176 Å². The molecule has 0 saturated carbocycles. The van der Waals surface area contributed by atoms with E-state index in [1.807, 2.05) is 11.3 Å². The number of nitrogens with zero attached hydrogens (tertiary/aromatic N) is 3. The summed E-state index contributed by atoms with van der Waals surface area (Å²) < 4.78 is 4.91. The van der Waals surface area contributed by atoms with Gasteiger partial charge in [0.05, 0.1) is 22.2 Å². The Morgan fingerprint density at radius 2 is 0.964 bits per heavy atom. The maximum Gasteiger partial charge on any atom is 0.235 e. The van der Waals surface area contributed by atoms with Gasteiger partial charge in [-0.3, -0.25) is 4.57 Å². The van der Waals surface area contributed by atoms with Crippen molar-refractivity contribution in [1.82, 2.24) is 14.5 Å². The summed E-state index contributed by atoms with van der Waals surface area (Å²) in [5, 5.41) is 18.3. The first-order valence-electron chi connectivity index (χ1n) is 19.1. The monoisotopic (exact) mass is 727 g/mol. The van der Waals surface area contributed by atoms with Gasteiger partial charge in [0.15, 0.2) is 0 Å². The van der Waals surface area contributed by atoms with Crippen LogP contribution in [0, 0.1) is 0 Å². The Hall–Kier alpha value is -7.14. The summed E-state index contributed by atoms with van der Waals surface area (Å²) in [5.74, 6) is 0.666. The van der Waals surface area contributed by atoms with E-state index in [-0.39, 0.29) is 0 Å². The molecule has 0 aliphatic rings. The Labute approximate surface area is 324 Å². The highest BCUT2D eigenvalue weighted by Gasteiger charge is 2.23. The van der Waals surface area contributed by atoms with Gasteiger partial charge in [0, 0.05) is 52.7 Å². The van der Waals surface area contributed by atoms with E-state index in [2.05, 4.69) is 180 Å². The van der Waals surface area contributed by atoms with Crippen LogP contribution < -0.4 is 0 Å². The van der Waals surface area contributed by atoms with E-state index in [0.717, 1.165) is 38.6 Å². The fourth-order valence-corrected chi connectivity index (χ4v) is 10.6. The zero-order valence-electron chi connectivity index (χ0n) is 30.0. The van der Waals surface area contributed by atoms with Crippen LogP contribution in [-0.2, 0) is 0 Å². The minimum absolute atomic E-state index is 0.666. The highest BCUT2D eigenvalue weighted by atomic mass is 32.1. The highest BCUT2D eigenvalue weighted by Crippen LogP contribution is 2.46. The third-order valence-electron chi connectivity index (χ3n) is 11.9. The molecule has 0 N–H and O–H groups in total.